The molecule has 1 amide bonds. The summed E-state index contributed by atoms with van der Waals surface area (Å²) in [7, 11) is 0. The van der Waals surface area contributed by atoms with E-state index in [1.165, 1.54) is 25.0 Å². The number of benzene rings is 1. The normalized spacial score (nSPS) is 14.6. The second kappa shape index (κ2) is 8.86. The Morgan fingerprint density at radius 3 is 2.68 bits per heavy atom. The maximum atomic E-state index is 12.9. The lowest BCUT2D eigenvalue weighted by molar-refractivity contribution is -0.141. The summed E-state index contributed by atoms with van der Waals surface area (Å²) in [5.41, 5.74) is 2.49. The van der Waals surface area contributed by atoms with Crippen LogP contribution in [0.3, 0.4) is 0 Å². The minimum atomic E-state index is -4.61. The molecule has 174 valence electrons. The van der Waals surface area contributed by atoms with Gasteiger partial charge in [0.05, 0.1) is 5.52 Å². The van der Waals surface area contributed by atoms with Crippen LogP contribution in [0.25, 0.3) is 22.0 Å². The van der Waals surface area contributed by atoms with Crippen molar-refractivity contribution in [3.63, 3.8) is 0 Å². The Morgan fingerprint density at radius 1 is 1.06 bits per heavy atom. The third-order valence-electron chi connectivity index (χ3n) is 5.79. The van der Waals surface area contributed by atoms with Gasteiger partial charge in [-0.05, 0) is 67.4 Å². The summed E-state index contributed by atoms with van der Waals surface area (Å²) >= 11 is 0. The quantitative estimate of drug-likeness (QED) is 0.438. The largest absolute Gasteiger partial charge is 0.433 e. The van der Waals surface area contributed by atoms with Gasteiger partial charge in [0.25, 0.3) is 5.91 Å². The summed E-state index contributed by atoms with van der Waals surface area (Å²) in [5.74, 6) is -0.859. The molecule has 0 bridgehead atoms. The fourth-order valence-electron chi connectivity index (χ4n) is 4.14. The van der Waals surface area contributed by atoms with Crippen LogP contribution in [-0.4, -0.2) is 44.1 Å². The van der Waals surface area contributed by atoms with Gasteiger partial charge >= 0.3 is 6.18 Å². The molecule has 1 saturated heterocycles. The van der Waals surface area contributed by atoms with Crippen molar-refractivity contribution >= 4 is 22.6 Å². The van der Waals surface area contributed by atoms with Crippen molar-refractivity contribution in [1.29, 1.82) is 0 Å². The second-order valence-electron chi connectivity index (χ2n) is 8.26. The molecule has 0 spiro atoms. The number of rotatable bonds is 5. The zero-order valence-corrected chi connectivity index (χ0v) is 18.1. The number of nitrogens with zero attached hydrogens (tertiary/aromatic N) is 4. The van der Waals surface area contributed by atoms with Crippen molar-refractivity contribution in [2.24, 2.45) is 0 Å². The van der Waals surface area contributed by atoms with Gasteiger partial charge in [-0.15, -0.1) is 0 Å². The van der Waals surface area contributed by atoms with E-state index in [0.717, 1.165) is 42.4 Å². The highest BCUT2D eigenvalue weighted by Crippen LogP contribution is 2.29. The van der Waals surface area contributed by atoms with E-state index < -0.39 is 17.8 Å². The number of hydrogen-bond donors (Lipinski definition) is 2. The Morgan fingerprint density at radius 2 is 1.88 bits per heavy atom. The number of anilines is 1. The predicted molar refractivity (Wildman–Crippen MR) is 121 cm³/mol. The smallest absolute Gasteiger partial charge is 0.305 e. The van der Waals surface area contributed by atoms with Gasteiger partial charge in [-0.25, -0.2) is 4.98 Å². The van der Waals surface area contributed by atoms with Crippen LogP contribution in [0.15, 0.2) is 54.9 Å². The van der Waals surface area contributed by atoms with Crippen molar-refractivity contribution in [2.75, 3.05) is 18.4 Å². The first kappa shape index (κ1) is 22.0. The maximum Gasteiger partial charge on any atom is 0.433 e. The minimum absolute atomic E-state index is 0.0669. The van der Waals surface area contributed by atoms with Crippen molar-refractivity contribution in [1.82, 2.24) is 25.1 Å². The molecule has 4 aromatic rings. The Balaban J connectivity index is 1.41. The number of carbonyl (C=O) groups excluding carboxylic acids is 1. The second-order valence-corrected chi connectivity index (χ2v) is 8.26. The number of fused-ring (bicyclic) bond motifs is 1. The number of carbonyl (C=O) groups is 1. The molecular formula is C24H21F3N6O. The number of amides is 1. The Labute approximate surface area is 193 Å². The fourth-order valence-corrected chi connectivity index (χ4v) is 4.14. The molecule has 5 rings (SSSR count). The van der Waals surface area contributed by atoms with Gasteiger partial charge in [0, 0.05) is 29.9 Å². The lowest BCUT2D eigenvalue weighted by atomic mass is 10.0. The monoisotopic (exact) mass is 466 g/mol. The van der Waals surface area contributed by atoms with Crippen LogP contribution >= 0.6 is 0 Å². The molecule has 7 nitrogen and oxygen atoms in total. The van der Waals surface area contributed by atoms with Crippen molar-refractivity contribution in [2.45, 2.75) is 25.6 Å². The molecule has 0 radical (unpaired) electrons. The number of nitrogens with one attached hydrogen (secondary N) is 2. The first-order chi connectivity index (χ1) is 16.4. The molecule has 1 aliphatic heterocycles. The van der Waals surface area contributed by atoms with Crippen LogP contribution in [0.4, 0.5) is 19.0 Å². The summed E-state index contributed by atoms with van der Waals surface area (Å²) in [6.07, 6.45) is 1.45. The van der Waals surface area contributed by atoms with Crippen LogP contribution in [0.2, 0.25) is 0 Å². The molecule has 0 saturated carbocycles. The van der Waals surface area contributed by atoms with E-state index in [2.05, 4.69) is 36.4 Å². The number of halogens is 3. The third kappa shape index (κ3) is 4.62. The molecular weight excluding hydrogens is 445 g/mol. The zero-order chi connectivity index (χ0) is 23.7. The van der Waals surface area contributed by atoms with Crippen molar-refractivity contribution < 1.29 is 18.0 Å². The molecule has 1 aromatic carbocycles. The van der Waals surface area contributed by atoms with E-state index in [1.807, 2.05) is 24.4 Å². The molecule has 0 unspecified atom stereocenters. The highest BCUT2D eigenvalue weighted by atomic mass is 19.4. The molecule has 10 heteroatoms. The molecule has 3 aromatic heterocycles. The maximum absolute atomic E-state index is 12.9. The average molecular weight is 466 g/mol. The van der Waals surface area contributed by atoms with Crippen molar-refractivity contribution in [3.05, 3.63) is 71.8 Å². The van der Waals surface area contributed by atoms with Gasteiger partial charge in [0.1, 0.15) is 11.5 Å². The van der Waals surface area contributed by atoms with Crippen LogP contribution < -0.4 is 5.32 Å². The topological polar surface area (TPSA) is 86.8 Å². The van der Waals surface area contributed by atoms with E-state index in [0.29, 0.717) is 10.9 Å². The standard InChI is InChI=1S/C24H21F3N6O/c25-24(26,27)20-4-3-5-21(29-20)30-23(34)22-18-11-16(6-7-19(18)31-32-22)17-10-15(12-28-13-17)14-33-8-1-2-9-33/h3-7,10-13H,1-2,8-9,14H2,(H,31,32)(H,29,30,34). The Hall–Kier alpha value is -3.79. The minimum Gasteiger partial charge on any atom is -0.305 e. The Bertz CT molecular complexity index is 1340. The number of hydrogen-bond acceptors (Lipinski definition) is 5. The summed E-state index contributed by atoms with van der Waals surface area (Å²) < 4.78 is 38.8. The van der Waals surface area contributed by atoms with Crippen molar-refractivity contribution in [3.8, 4) is 11.1 Å². The predicted octanol–water partition coefficient (Wildman–Crippen LogP) is 4.89. The number of H-pyrrole nitrogens is 1. The summed E-state index contributed by atoms with van der Waals surface area (Å²) in [4.78, 5) is 23.1. The molecule has 34 heavy (non-hydrogen) atoms. The Kier molecular flexibility index (Phi) is 5.74. The summed E-state index contributed by atoms with van der Waals surface area (Å²) in [6.45, 7) is 3.02. The molecule has 1 aliphatic rings. The highest BCUT2D eigenvalue weighted by Gasteiger charge is 2.32. The van der Waals surface area contributed by atoms with Gasteiger partial charge in [0.15, 0.2) is 5.69 Å². The number of aromatic nitrogens is 4. The van der Waals surface area contributed by atoms with Gasteiger partial charge in [-0.3, -0.25) is 19.8 Å². The molecule has 2 N–H and O–H groups in total. The summed E-state index contributed by atoms with van der Waals surface area (Å²) in [6, 6.07) is 11.0. The number of aromatic amines is 1. The molecule has 4 heterocycles. The average Bonchev–Trinajstić information content (AvgIpc) is 3.48. The zero-order valence-electron chi connectivity index (χ0n) is 18.1. The van der Waals surface area contributed by atoms with Crippen LogP contribution in [0.5, 0.6) is 0 Å². The van der Waals surface area contributed by atoms with E-state index >= 15 is 0 Å². The van der Waals surface area contributed by atoms with Crippen LogP contribution in [0, 0.1) is 0 Å². The molecule has 0 atom stereocenters. The number of likely N-dealkylation sites (tertiary alicyclic amines) is 1. The lowest BCUT2D eigenvalue weighted by Crippen LogP contribution is -2.18. The number of pyridine rings is 2. The van der Waals surface area contributed by atoms with E-state index in [-0.39, 0.29) is 11.5 Å². The van der Waals surface area contributed by atoms with Gasteiger partial charge in [-0.2, -0.15) is 18.3 Å². The van der Waals surface area contributed by atoms with Gasteiger partial charge < -0.3 is 5.32 Å². The third-order valence-corrected chi connectivity index (χ3v) is 5.79. The fraction of sp³-hybridized carbons (Fsp3) is 0.250. The first-order valence-electron chi connectivity index (χ1n) is 10.9. The van der Waals surface area contributed by atoms with Gasteiger partial charge in [-0.1, -0.05) is 12.1 Å². The summed E-state index contributed by atoms with van der Waals surface area (Å²) in [5, 5.41) is 9.82. The molecule has 0 aliphatic carbocycles. The highest BCUT2D eigenvalue weighted by molar-refractivity contribution is 6.11. The van der Waals surface area contributed by atoms with Gasteiger partial charge in [0.2, 0.25) is 0 Å². The SMILES string of the molecule is O=C(Nc1cccc(C(F)(F)F)n1)c1n[nH]c2ccc(-c3cncc(CN4CCCC4)c3)cc12. The van der Waals surface area contributed by atoms with E-state index in [9.17, 15) is 18.0 Å². The number of alkyl halides is 3. The van der Waals surface area contributed by atoms with Crippen LogP contribution in [-0.2, 0) is 12.7 Å². The first-order valence-corrected chi connectivity index (χ1v) is 10.9. The van der Waals surface area contributed by atoms with E-state index in [1.54, 1.807) is 6.20 Å². The van der Waals surface area contributed by atoms with Crippen LogP contribution in [0.1, 0.15) is 34.6 Å². The lowest BCUT2D eigenvalue weighted by Gasteiger charge is -2.14. The van der Waals surface area contributed by atoms with E-state index in [4.69, 9.17) is 0 Å². The molecule has 1 fully saturated rings.